The minimum atomic E-state index is 0.335. The van der Waals surface area contributed by atoms with Crippen molar-refractivity contribution in [3.63, 3.8) is 0 Å². The molecule has 0 aliphatic heterocycles. The summed E-state index contributed by atoms with van der Waals surface area (Å²) in [6, 6.07) is 11.3. The molecule has 3 rings (SSSR count). The van der Waals surface area contributed by atoms with Crippen LogP contribution in [0.4, 0.5) is 5.69 Å². The number of hydrogen-bond acceptors (Lipinski definition) is 5. The third kappa shape index (κ3) is 3.32. The highest BCUT2D eigenvalue weighted by Gasteiger charge is 2.13. The predicted octanol–water partition coefficient (Wildman–Crippen LogP) is 4.05. The van der Waals surface area contributed by atoms with Crippen LogP contribution in [0.1, 0.15) is 5.89 Å². The number of para-hydroxylation sites is 1. The largest absolute Gasteiger partial charge is 0.376 e. The highest BCUT2D eigenvalue weighted by Crippen LogP contribution is 2.25. The molecule has 106 valence electrons. The van der Waals surface area contributed by atoms with Crippen molar-refractivity contribution < 1.29 is 4.52 Å². The summed E-state index contributed by atoms with van der Waals surface area (Å²) in [7, 11) is 0. The normalized spacial score (nSPS) is 10.6. The standard InChI is InChI=1S/C14H10Cl2N4O/c15-9-6-11(16)13(18-7-9)14-19-12(21-20-14)8-17-10-4-2-1-3-5-10/h1-7,17H,8H2. The molecule has 0 unspecified atom stereocenters. The van der Waals surface area contributed by atoms with Crippen molar-refractivity contribution in [1.29, 1.82) is 0 Å². The van der Waals surface area contributed by atoms with Gasteiger partial charge in [-0.25, -0.2) is 4.98 Å². The third-order valence-electron chi connectivity index (χ3n) is 2.71. The van der Waals surface area contributed by atoms with Gasteiger partial charge in [0.15, 0.2) is 0 Å². The van der Waals surface area contributed by atoms with Crippen molar-refractivity contribution in [2.24, 2.45) is 0 Å². The van der Waals surface area contributed by atoms with E-state index in [-0.39, 0.29) is 0 Å². The minimum Gasteiger partial charge on any atom is -0.376 e. The number of nitrogens with one attached hydrogen (secondary N) is 1. The number of aromatic nitrogens is 3. The molecule has 0 amide bonds. The Kier molecular flexibility index (Phi) is 4.03. The molecule has 1 N–H and O–H groups in total. The summed E-state index contributed by atoms with van der Waals surface area (Å²) in [4.78, 5) is 8.37. The fourth-order valence-corrected chi connectivity index (χ4v) is 2.20. The molecule has 0 spiro atoms. The molecule has 0 saturated carbocycles. The second-order valence-corrected chi connectivity index (χ2v) is 5.06. The molecule has 0 bridgehead atoms. The Balaban J connectivity index is 1.74. The second kappa shape index (κ2) is 6.11. The summed E-state index contributed by atoms with van der Waals surface area (Å²) in [5.74, 6) is 0.781. The van der Waals surface area contributed by atoms with Gasteiger partial charge in [-0.2, -0.15) is 4.98 Å². The zero-order valence-electron chi connectivity index (χ0n) is 10.8. The van der Waals surface area contributed by atoms with Crippen molar-refractivity contribution >= 4 is 28.9 Å². The quantitative estimate of drug-likeness (QED) is 0.785. The fraction of sp³-hybridized carbons (Fsp3) is 0.0714. The van der Waals surface area contributed by atoms with Crippen LogP contribution in [-0.4, -0.2) is 15.1 Å². The molecule has 0 atom stereocenters. The molecule has 0 fully saturated rings. The lowest BCUT2D eigenvalue weighted by molar-refractivity contribution is 0.384. The van der Waals surface area contributed by atoms with Crippen molar-refractivity contribution in [1.82, 2.24) is 15.1 Å². The summed E-state index contributed by atoms with van der Waals surface area (Å²) in [6.07, 6.45) is 1.49. The van der Waals surface area contributed by atoms with Crippen molar-refractivity contribution in [3.05, 3.63) is 58.5 Å². The van der Waals surface area contributed by atoms with Gasteiger partial charge in [0, 0.05) is 11.9 Å². The Morgan fingerprint density at radius 3 is 2.71 bits per heavy atom. The van der Waals surface area contributed by atoms with Crippen molar-refractivity contribution in [2.75, 3.05) is 5.32 Å². The zero-order valence-corrected chi connectivity index (χ0v) is 12.3. The summed E-state index contributed by atoms with van der Waals surface area (Å²) in [5.41, 5.74) is 1.41. The second-order valence-electron chi connectivity index (χ2n) is 4.22. The van der Waals surface area contributed by atoms with E-state index in [2.05, 4.69) is 20.4 Å². The smallest absolute Gasteiger partial charge is 0.246 e. The highest BCUT2D eigenvalue weighted by molar-refractivity contribution is 6.35. The maximum absolute atomic E-state index is 6.06. The lowest BCUT2D eigenvalue weighted by Gasteiger charge is -2.01. The topological polar surface area (TPSA) is 63.8 Å². The van der Waals surface area contributed by atoms with Gasteiger partial charge >= 0.3 is 0 Å². The summed E-state index contributed by atoms with van der Waals surface area (Å²) in [5, 5.41) is 7.89. The molecule has 2 heterocycles. The molecule has 0 saturated heterocycles. The van der Waals surface area contributed by atoms with Gasteiger partial charge in [-0.3, -0.25) is 0 Å². The zero-order chi connectivity index (χ0) is 14.7. The lowest BCUT2D eigenvalue weighted by Crippen LogP contribution is -1.99. The van der Waals surface area contributed by atoms with Crippen LogP contribution >= 0.6 is 23.2 Å². The van der Waals surface area contributed by atoms with Crippen LogP contribution in [0.15, 0.2) is 47.1 Å². The predicted molar refractivity (Wildman–Crippen MR) is 81.3 cm³/mol. The van der Waals surface area contributed by atoms with Gasteiger partial charge in [-0.15, -0.1) is 0 Å². The third-order valence-corrected chi connectivity index (χ3v) is 3.20. The molecule has 3 aromatic rings. The Labute approximate surface area is 130 Å². The Hall–Kier alpha value is -2.11. The van der Waals surface area contributed by atoms with Crippen LogP contribution < -0.4 is 5.32 Å². The van der Waals surface area contributed by atoms with Crippen LogP contribution in [0.25, 0.3) is 11.5 Å². The van der Waals surface area contributed by atoms with E-state index in [4.69, 9.17) is 27.7 Å². The number of benzene rings is 1. The van der Waals surface area contributed by atoms with Gasteiger partial charge in [0.05, 0.1) is 16.6 Å². The first-order valence-electron chi connectivity index (χ1n) is 6.15. The van der Waals surface area contributed by atoms with Crippen LogP contribution in [0.5, 0.6) is 0 Å². The molecule has 1 aromatic carbocycles. The maximum atomic E-state index is 6.06. The van der Waals surface area contributed by atoms with Crippen LogP contribution in [0.2, 0.25) is 10.0 Å². The molecule has 0 aliphatic rings. The van der Waals surface area contributed by atoms with E-state index in [0.29, 0.717) is 34.0 Å². The molecule has 21 heavy (non-hydrogen) atoms. The van der Waals surface area contributed by atoms with Crippen LogP contribution in [0, 0.1) is 0 Å². The molecule has 0 radical (unpaired) electrons. The number of halogens is 2. The first-order valence-corrected chi connectivity index (χ1v) is 6.91. The summed E-state index contributed by atoms with van der Waals surface area (Å²) in [6.45, 7) is 0.419. The first-order chi connectivity index (χ1) is 10.2. The Morgan fingerprint density at radius 2 is 1.95 bits per heavy atom. The van der Waals surface area contributed by atoms with E-state index in [1.54, 1.807) is 6.07 Å². The van der Waals surface area contributed by atoms with Gasteiger partial charge in [0.25, 0.3) is 0 Å². The summed E-state index contributed by atoms with van der Waals surface area (Å²) < 4.78 is 5.17. The van der Waals surface area contributed by atoms with E-state index in [9.17, 15) is 0 Å². The number of anilines is 1. The monoisotopic (exact) mass is 320 g/mol. The Morgan fingerprint density at radius 1 is 1.14 bits per heavy atom. The molecule has 5 nitrogen and oxygen atoms in total. The van der Waals surface area contributed by atoms with E-state index in [1.807, 2.05) is 30.3 Å². The molecular weight excluding hydrogens is 311 g/mol. The van der Waals surface area contributed by atoms with E-state index < -0.39 is 0 Å². The van der Waals surface area contributed by atoms with Crippen molar-refractivity contribution in [2.45, 2.75) is 6.54 Å². The van der Waals surface area contributed by atoms with Gasteiger partial charge in [-0.05, 0) is 18.2 Å². The molecule has 7 heteroatoms. The van der Waals surface area contributed by atoms with E-state index in [1.165, 1.54) is 6.20 Å². The number of rotatable bonds is 4. The maximum Gasteiger partial charge on any atom is 0.246 e. The number of pyridine rings is 1. The number of nitrogens with zero attached hydrogens (tertiary/aromatic N) is 3. The summed E-state index contributed by atoms with van der Waals surface area (Å²) >= 11 is 11.9. The molecule has 0 aliphatic carbocycles. The fourth-order valence-electron chi connectivity index (χ4n) is 1.74. The Bertz CT molecular complexity index is 746. The first kappa shape index (κ1) is 13.9. The van der Waals surface area contributed by atoms with Crippen LogP contribution in [0.3, 0.4) is 0 Å². The average Bonchev–Trinajstić information content (AvgIpc) is 2.95. The van der Waals surface area contributed by atoms with E-state index >= 15 is 0 Å². The highest BCUT2D eigenvalue weighted by atomic mass is 35.5. The van der Waals surface area contributed by atoms with Crippen molar-refractivity contribution in [3.8, 4) is 11.5 Å². The SMILES string of the molecule is Clc1cnc(-c2noc(CNc3ccccc3)n2)c(Cl)c1. The van der Waals surface area contributed by atoms with Gasteiger partial charge in [0.2, 0.25) is 11.7 Å². The van der Waals surface area contributed by atoms with Gasteiger partial charge in [0.1, 0.15) is 5.69 Å². The van der Waals surface area contributed by atoms with E-state index in [0.717, 1.165) is 5.69 Å². The molecule has 2 aromatic heterocycles. The lowest BCUT2D eigenvalue weighted by atomic mass is 10.3. The van der Waals surface area contributed by atoms with Gasteiger partial charge in [-0.1, -0.05) is 46.6 Å². The molecular formula is C14H10Cl2N4O. The van der Waals surface area contributed by atoms with Crippen LogP contribution in [-0.2, 0) is 6.54 Å². The average molecular weight is 321 g/mol. The number of hydrogen-bond donors (Lipinski definition) is 1. The minimum absolute atomic E-state index is 0.335. The van der Waals surface area contributed by atoms with Gasteiger partial charge < -0.3 is 9.84 Å².